The molecule has 1 aromatic heterocycles. The summed E-state index contributed by atoms with van der Waals surface area (Å²) < 4.78 is 31.7. The fraction of sp³-hybridized carbons (Fsp3) is 0.226. The first-order valence-electron chi connectivity index (χ1n) is 13.6. The summed E-state index contributed by atoms with van der Waals surface area (Å²) in [5.74, 6) is -0.589. The Morgan fingerprint density at radius 2 is 1.88 bits per heavy atom. The van der Waals surface area contributed by atoms with Crippen molar-refractivity contribution in [1.29, 1.82) is 0 Å². The largest absolute Gasteiger partial charge is 0.507 e. The smallest absolute Gasteiger partial charge is 0.301 e. The van der Waals surface area contributed by atoms with Gasteiger partial charge in [-0.2, -0.15) is 0 Å². The molecule has 1 fully saturated rings. The molecular formula is C31H26FN3O6S2. The van der Waals surface area contributed by atoms with Gasteiger partial charge in [-0.3, -0.25) is 14.5 Å². The number of aliphatic hydroxyl groups excluding tert-OH is 1. The molecule has 43 heavy (non-hydrogen) atoms. The first-order chi connectivity index (χ1) is 20.9. The molecule has 1 saturated heterocycles. The summed E-state index contributed by atoms with van der Waals surface area (Å²) in [6, 6.07) is 17.3. The number of hydrogen-bond acceptors (Lipinski definition) is 10. The van der Waals surface area contributed by atoms with E-state index >= 15 is 0 Å². The summed E-state index contributed by atoms with van der Waals surface area (Å²) in [5.41, 5.74) is 1.24. The van der Waals surface area contributed by atoms with Crippen molar-refractivity contribution in [3.05, 3.63) is 94.8 Å². The number of ketones is 1. The third-order valence-corrected chi connectivity index (χ3v) is 8.92. The summed E-state index contributed by atoms with van der Waals surface area (Å²) in [5, 5.41) is 20.1. The van der Waals surface area contributed by atoms with Crippen molar-refractivity contribution in [3.63, 3.8) is 0 Å². The molecule has 2 aliphatic rings. The zero-order valence-electron chi connectivity index (χ0n) is 23.0. The lowest BCUT2D eigenvalue weighted by Gasteiger charge is -2.23. The number of hydrogen-bond donors (Lipinski definition) is 1. The van der Waals surface area contributed by atoms with Gasteiger partial charge in [0.15, 0.2) is 15.8 Å². The number of carbonyl (C=O) groups is 2. The van der Waals surface area contributed by atoms with Crippen LogP contribution >= 0.6 is 23.1 Å². The van der Waals surface area contributed by atoms with E-state index in [9.17, 15) is 19.1 Å². The Morgan fingerprint density at radius 1 is 1.07 bits per heavy atom. The minimum absolute atomic E-state index is 0.106. The number of aliphatic hydroxyl groups is 1. The van der Waals surface area contributed by atoms with Crippen LogP contribution in [-0.2, 0) is 15.3 Å². The van der Waals surface area contributed by atoms with Crippen molar-refractivity contribution < 1.29 is 33.3 Å². The minimum atomic E-state index is -1.02. The van der Waals surface area contributed by atoms with Crippen molar-refractivity contribution in [2.45, 2.75) is 29.5 Å². The third-order valence-electron chi connectivity index (χ3n) is 6.82. The van der Waals surface area contributed by atoms with Gasteiger partial charge in [0.05, 0.1) is 18.2 Å². The molecule has 9 nitrogen and oxygen atoms in total. The van der Waals surface area contributed by atoms with Crippen LogP contribution in [0.1, 0.15) is 36.1 Å². The highest BCUT2D eigenvalue weighted by molar-refractivity contribution is 8.00. The molecule has 2 aliphatic heterocycles. The molecular weight excluding hydrogens is 593 g/mol. The van der Waals surface area contributed by atoms with Crippen LogP contribution in [0.5, 0.6) is 17.2 Å². The summed E-state index contributed by atoms with van der Waals surface area (Å²) in [6.45, 7) is 3.23. The molecule has 220 valence electrons. The van der Waals surface area contributed by atoms with Gasteiger partial charge in [-0.05, 0) is 53.9 Å². The molecule has 0 spiro atoms. The zero-order chi connectivity index (χ0) is 29.9. The minimum Gasteiger partial charge on any atom is -0.507 e. The highest BCUT2D eigenvalue weighted by atomic mass is 32.2. The topological polar surface area (TPSA) is 111 Å². The number of Topliss-reactive ketones (excluding diaryl/α,β-unsaturated/α-hetero) is 1. The van der Waals surface area contributed by atoms with Crippen LogP contribution in [-0.4, -0.2) is 46.8 Å². The average Bonchev–Trinajstić information content (AvgIpc) is 3.60. The van der Waals surface area contributed by atoms with Crippen molar-refractivity contribution in [3.8, 4) is 17.2 Å². The van der Waals surface area contributed by atoms with Gasteiger partial charge in [0.2, 0.25) is 5.13 Å². The number of fused-ring (bicyclic) bond motifs is 1. The molecule has 1 atom stereocenters. The fourth-order valence-corrected chi connectivity index (χ4v) is 6.65. The quantitative estimate of drug-likeness (QED) is 0.0775. The van der Waals surface area contributed by atoms with Gasteiger partial charge in [0.25, 0.3) is 5.78 Å². The first kappa shape index (κ1) is 28.7. The van der Waals surface area contributed by atoms with Crippen LogP contribution in [0.25, 0.3) is 5.76 Å². The van der Waals surface area contributed by atoms with E-state index in [4.69, 9.17) is 14.2 Å². The molecule has 3 aromatic carbocycles. The SMILES string of the molecule is CCCOc1cccc([C@@H]2/C(=C(\O)c3ccc4c(c3)OCCO4)C(=O)C(=O)N2c2nnc(SCc3ccccc3F)s2)c1. The normalized spacial score (nSPS) is 17.3. The number of rotatable bonds is 9. The zero-order valence-corrected chi connectivity index (χ0v) is 24.6. The van der Waals surface area contributed by atoms with Gasteiger partial charge in [-0.1, -0.05) is 60.4 Å². The summed E-state index contributed by atoms with van der Waals surface area (Å²) in [4.78, 5) is 28.4. The molecule has 4 aromatic rings. The number of anilines is 1. The second-order valence-corrected chi connectivity index (χ2v) is 11.9. The fourth-order valence-electron chi connectivity index (χ4n) is 4.80. The number of thioether (sulfide) groups is 1. The number of nitrogens with zero attached hydrogens (tertiary/aromatic N) is 3. The van der Waals surface area contributed by atoms with Gasteiger partial charge in [0, 0.05) is 11.3 Å². The lowest BCUT2D eigenvalue weighted by molar-refractivity contribution is -0.132. The predicted octanol–water partition coefficient (Wildman–Crippen LogP) is 6.16. The Balaban J connectivity index is 1.40. The molecule has 0 radical (unpaired) electrons. The van der Waals surface area contributed by atoms with E-state index in [0.29, 0.717) is 63.9 Å². The first-order valence-corrected chi connectivity index (χ1v) is 15.4. The van der Waals surface area contributed by atoms with E-state index in [1.165, 1.54) is 22.7 Å². The molecule has 1 amide bonds. The van der Waals surface area contributed by atoms with E-state index < -0.39 is 17.7 Å². The van der Waals surface area contributed by atoms with Crippen molar-refractivity contribution >= 4 is 45.7 Å². The lowest BCUT2D eigenvalue weighted by atomic mass is 9.95. The number of amides is 1. The average molecular weight is 620 g/mol. The van der Waals surface area contributed by atoms with Crippen LogP contribution in [0.3, 0.4) is 0 Å². The maximum absolute atomic E-state index is 14.1. The van der Waals surface area contributed by atoms with Gasteiger partial charge in [-0.25, -0.2) is 4.39 Å². The van der Waals surface area contributed by atoms with Crippen LogP contribution in [0.2, 0.25) is 0 Å². The van der Waals surface area contributed by atoms with Crippen LogP contribution in [0, 0.1) is 5.82 Å². The second-order valence-electron chi connectivity index (χ2n) is 9.68. The highest BCUT2D eigenvalue weighted by Gasteiger charge is 2.48. The molecule has 0 saturated carbocycles. The third kappa shape index (κ3) is 5.80. The number of halogens is 1. The Kier molecular flexibility index (Phi) is 8.30. The maximum atomic E-state index is 14.1. The van der Waals surface area contributed by atoms with Crippen LogP contribution in [0.4, 0.5) is 9.52 Å². The van der Waals surface area contributed by atoms with Gasteiger partial charge in [0.1, 0.15) is 30.5 Å². The molecule has 3 heterocycles. The van der Waals surface area contributed by atoms with Crippen molar-refractivity contribution in [2.75, 3.05) is 24.7 Å². The molecule has 0 aliphatic carbocycles. The van der Waals surface area contributed by atoms with Gasteiger partial charge >= 0.3 is 5.91 Å². The summed E-state index contributed by atoms with van der Waals surface area (Å²) in [6.07, 6.45) is 0.797. The van der Waals surface area contributed by atoms with Gasteiger partial charge < -0.3 is 19.3 Å². The summed E-state index contributed by atoms with van der Waals surface area (Å²) in [7, 11) is 0. The number of ether oxygens (including phenoxy) is 3. The van der Waals surface area contributed by atoms with Crippen molar-refractivity contribution in [1.82, 2.24) is 10.2 Å². The Labute approximate surface area is 254 Å². The second kappa shape index (κ2) is 12.4. The lowest BCUT2D eigenvalue weighted by Crippen LogP contribution is -2.29. The Bertz CT molecular complexity index is 1730. The maximum Gasteiger partial charge on any atom is 0.301 e. The monoisotopic (exact) mass is 619 g/mol. The van der Waals surface area contributed by atoms with E-state index in [1.54, 1.807) is 60.7 Å². The molecule has 0 unspecified atom stereocenters. The van der Waals surface area contributed by atoms with E-state index in [0.717, 1.165) is 17.8 Å². The number of carbonyl (C=O) groups excluding carboxylic acids is 2. The molecule has 0 bridgehead atoms. The van der Waals surface area contributed by atoms with Crippen LogP contribution < -0.4 is 19.1 Å². The van der Waals surface area contributed by atoms with E-state index in [-0.39, 0.29) is 22.3 Å². The van der Waals surface area contributed by atoms with E-state index in [2.05, 4.69) is 10.2 Å². The van der Waals surface area contributed by atoms with Crippen molar-refractivity contribution in [2.24, 2.45) is 0 Å². The molecule has 6 rings (SSSR count). The number of benzene rings is 3. The summed E-state index contributed by atoms with van der Waals surface area (Å²) >= 11 is 2.37. The standard InChI is InChI=1S/C31H26FN3O6S2/c1-2-12-39-21-8-5-7-18(15-21)26-25(27(36)19-10-11-23-24(16-19)41-14-13-40-23)28(37)29(38)35(26)30-33-34-31(43-30)42-17-20-6-3-4-9-22(20)32/h3-11,15-16,26,36H,2,12-14,17H2,1H3/b27-25+/t26-/m1/s1. The van der Waals surface area contributed by atoms with E-state index in [1.807, 2.05) is 6.92 Å². The highest BCUT2D eigenvalue weighted by Crippen LogP contribution is 2.45. The number of aromatic nitrogens is 2. The van der Waals surface area contributed by atoms with Crippen LogP contribution in [0.15, 0.2) is 76.6 Å². The Hall–Kier alpha value is -4.42. The Morgan fingerprint density at radius 3 is 2.70 bits per heavy atom. The molecule has 1 N–H and O–H groups in total. The molecule has 12 heteroatoms. The van der Waals surface area contributed by atoms with Gasteiger partial charge in [-0.15, -0.1) is 10.2 Å². The predicted molar refractivity (Wildman–Crippen MR) is 160 cm³/mol.